The van der Waals surface area contributed by atoms with Gasteiger partial charge in [-0.25, -0.2) is 0 Å². The fourth-order valence-electron chi connectivity index (χ4n) is 0.158. The second-order valence-corrected chi connectivity index (χ2v) is 2.49. The molecule has 0 saturated carbocycles. The van der Waals surface area contributed by atoms with Crippen LogP contribution in [0.15, 0.2) is 0 Å². The second kappa shape index (κ2) is 48.9. The third-order valence-electron chi connectivity index (χ3n) is 0.512. The molecule has 0 aromatic rings. The molecule has 5 nitrogen and oxygen atoms in total. The minimum Gasteiger partial charge on any atom is -0.412 e. The maximum Gasteiger partial charge on any atom is 0.0483 e. The molecule has 0 rings (SSSR count). The van der Waals surface area contributed by atoms with Crippen molar-refractivity contribution in [3.63, 3.8) is 0 Å². The molecule has 0 radical (unpaired) electrons. The number of hydrogen-bond acceptors (Lipinski definition) is 4. The van der Waals surface area contributed by atoms with Gasteiger partial charge in [-0.2, -0.15) is 0 Å². The molecule has 0 spiro atoms. The summed E-state index contributed by atoms with van der Waals surface area (Å²) in [6.07, 6.45) is 1.87. The highest BCUT2D eigenvalue weighted by atomic mass is 16.3. The number of unbranched alkanes of at least 4 members (excludes halogenated alkanes) is 1. The van der Waals surface area contributed by atoms with Crippen molar-refractivity contribution < 1.29 is 25.9 Å². The average Bonchev–Trinajstić information content (AvgIpc) is 2.09. The highest BCUT2D eigenvalue weighted by Crippen LogP contribution is 1.78. The zero-order valence-corrected chi connectivity index (χ0v) is 10.7. The fraction of sp³-hybridized carbons (Fsp3) is 1.00. The van der Waals surface area contributed by atoms with Gasteiger partial charge in [-0.15, -0.1) is 0 Å². The molecule has 0 amide bonds. The first kappa shape index (κ1) is 29.3. The van der Waals surface area contributed by atoms with Crippen LogP contribution in [0.2, 0.25) is 0 Å². The van der Waals surface area contributed by atoms with E-state index in [-0.39, 0.29) is 18.2 Å². The molecule has 0 atom stereocenters. The lowest BCUT2D eigenvalue weighted by molar-refractivity contribution is 0.216. The van der Waals surface area contributed by atoms with Crippen LogP contribution in [-0.2, 0) is 0 Å². The third kappa shape index (κ3) is 593. The smallest absolute Gasteiger partial charge is 0.0483 e. The van der Waals surface area contributed by atoms with E-state index in [0.29, 0.717) is 6.61 Å². The van der Waals surface area contributed by atoms with Gasteiger partial charge in [0.05, 0.1) is 0 Å². The molecule has 0 heterocycles. The number of hydrogen-bond donors (Lipinski definition) is 4. The predicted molar refractivity (Wildman–Crippen MR) is 63.9 cm³/mol. The first-order valence-electron chi connectivity index (χ1n) is 4.91. The van der Waals surface area contributed by atoms with E-state index in [1.165, 1.54) is 0 Å². The third-order valence-corrected chi connectivity index (χ3v) is 0.512. The summed E-state index contributed by atoms with van der Waals surface area (Å²) in [4.78, 5) is 0. The van der Waals surface area contributed by atoms with Crippen LogP contribution < -0.4 is 0 Å². The second-order valence-electron chi connectivity index (χ2n) is 2.49. The molecule has 0 fully saturated rings. The summed E-state index contributed by atoms with van der Waals surface area (Å²) < 4.78 is 0. The van der Waals surface area contributed by atoms with Crippen LogP contribution in [0, 0.1) is 0 Å². The maximum atomic E-state index is 8.07. The highest BCUT2D eigenvalue weighted by molar-refractivity contribution is 4.23. The molecule has 0 aromatic heterocycles. The van der Waals surface area contributed by atoms with E-state index in [1.807, 2.05) is 0 Å². The fourth-order valence-corrected chi connectivity index (χ4v) is 0.158. The van der Waals surface area contributed by atoms with Gasteiger partial charge in [-0.05, 0) is 27.2 Å². The lowest BCUT2D eigenvalue weighted by atomic mass is 10.4. The van der Waals surface area contributed by atoms with Crippen LogP contribution in [0.1, 0.15) is 40.5 Å². The van der Waals surface area contributed by atoms with Gasteiger partial charge in [0.15, 0.2) is 0 Å². The van der Waals surface area contributed by atoms with Gasteiger partial charge in [0, 0.05) is 26.4 Å². The van der Waals surface area contributed by atoms with Crippen molar-refractivity contribution in [3.05, 3.63) is 0 Å². The molecule has 0 unspecified atom stereocenters. The zero-order chi connectivity index (χ0) is 12.4. The Bertz CT molecular complexity index is 46.3. The quantitative estimate of drug-likeness (QED) is 0.532. The van der Waals surface area contributed by atoms with Gasteiger partial charge in [0.25, 0.3) is 0 Å². The van der Waals surface area contributed by atoms with E-state index in [4.69, 9.17) is 20.4 Å². The van der Waals surface area contributed by atoms with Gasteiger partial charge in [-0.1, -0.05) is 13.3 Å². The van der Waals surface area contributed by atoms with Gasteiger partial charge in [0.1, 0.15) is 0 Å². The molecule has 0 saturated heterocycles. The molecule has 0 aromatic carbocycles. The van der Waals surface area contributed by atoms with Crippen molar-refractivity contribution >= 4 is 0 Å². The van der Waals surface area contributed by atoms with Gasteiger partial charge in [0.2, 0.25) is 0 Å². The van der Waals surface area contributed by atoms with Gasteiger partial charge < -0.3 is 25.9 Å². The van der Waals surface area contributed by atoms with Crippen LogP contribution in [0.25, 0.3) is 0 Å². The van der Waals surface area contributed by atoms with Crippen LogP contribution in [0.5, 0.6) is 0 Å². The van der Waals surface area contributed by atoms with Crippen LogP contribution in [0.4, 0.5) is 0 Å². The largest absolute Gasteiger partial charge is 0.412 e. The Labute approximate surface area is 93.7 Å². The number of rotatable bonds is 2. The molecule has 0 aliphatic rings. The maximum absolute atomic E-state index is 8.07. The SMILES string of the molecule is CC(C)O.CCCCO.CCO.CO.O. The standard InChI is InChI=1S/C4H10O.C3H8O.C2H6O.CH4O.H2O/c1-2-3-4-5;1-3(2)4;1-2-3;1-2;/h5H,2-4H2,1H3;3-4H,1-2H3;3H,2H2,1H3;2H,1H3;1H2. The Balaban J connectivity index is -0.0000000305. The van der Waals surface area contributed by atoms with Crippen molar-refractivity contribution in [2.24, 2.45) is 0 Å². The van der Waals surface area contributed by atoms with Crippen molar-refractivity contribution in [1.82, 2.24) is 0 Å². The van der Waals surface area contributed by atoms with Gasteiger partial charge in [-0.3, -0.25) is 0 Å². The van der Waals surface area contributed by atoms with E-state index in [0.717, 1.165) is 20.0 Å². The van der Waals surface area contributed by atoms with E-state index in [9.17, 15) is 0 Å². The van der Waals surface area contributed by atoms with Crippen molar-refractivity contribution in [3.8, 4) is 0 Å². The summed E-state index contributed by atoms with van der Waals surface area (Å²) in [5, 5.41) is 30.7. The van der Waals surface area contributed by atoms with Crippen LogP contribution in [-0.4, -0.2) is 52.3 Å². The first-order valence-corrected chi connectivity index (χ1v) is 4.91. The minimum absolute atomic E-state index is 0. The van der Waals surface area contributed by atoms with E-state index in [2.05, 4.69) is 6.92 Å². The first-order chi connectivity index (χ1) is 6.56. The molecule has 0 bridgehead atoms. The Hall–Kier alpha value is -0.200. The summed E-state index contributed by atoms with van der Waals surface area (Å²) in [6, 6.07) is 0. The average molecular weight is 230 g/mol. The van der Waals surface area contributed by atoms with Crippen molar-refractivity contribution in [2.75, 3.05) is 20.3 Å². The van der Waals surface area contributed by atoms with E-state index in [1.54, 1.807) is 20.8 Å². The minimum atomic E-state index is -0.167. The lowest BCUT2D eigenvalue weighted by Crippen LogP contribution is -1.85. The normalized spacial score (nSPS) is 6.80. The molecule has 15 heavy (non-hydrogen) atoms. The molecule has 0 aliphatic carbocycles. The van der Waals surface area contributed by atoms with Crippen LogP contribution >= 0.6 is 0 Å². The summed E-state index contributed by atoms with van der Waals surface area (Å²) in [6.45, 7) is 7.77. The van der Waals surface area contributed by atoms with E-state index >= 15 is 0 Å². The Morgan fingerprint density at radius 2 is 1.20 bits per heavy atom. The number of aliphatic hydroxyl groups excluding tert-OH is 4. The predicted octanol–water partition coefficient (Wildman–Crippen LogP) is -0.0517. The molecule has 6 N–H and O–H groups in total. The Morgan fingerprint density at radius 1 is 1.00 bits per heavy atom. The molecular formula is C10H30O5. The Kier molecular flexibility index (Phi) is 95.7. The van der Waals surface area contributed by atoms with Crippen molar-refractivity contribution in [1.29, 1.82) is 0 Å². The summed E-state index contributed by atoms with van der Waals surface area (Å²) in [5.74, 6) is 0. The number of aliphatic hydroxyl groups is 4. The summed E-state index contributed by atoms with van der Waals surface area (Å²) in [5.41, 5.74) is 0. The topological polar surface area (TPSA) is 112 Å². The zero-order valence-electron chi connectivity index (χ0n) is 10.7. The monoisotopic (exact) mass is 230 g/mol. The Morgan fingerprint density at radius 3 is 1.20 bits per heavy atom. The molecule has 100 valence electrons. The molecule has 5 heteroatoms. The summed E-state index contributed by atoms with van der Waals surface area (Å²) >= 11 is 0. The highest BCUT2D eigenvalue weighted by Gasteiger charge is 1.69. The molecule has 0 aliphatic heterocycles. The summed E-state index contributed by atoms with van der Waals surface area (Å²) in [7, 11) is 1.00. The van der Waals surface area contributed by atoms with Crippen LogP contribution in [0.3, 0.4) is 0 Å². The van der Waals surface area contributed by atoms with Crippen molar-refractivity contribution in [2.45, 2.75) is 46.6 Å². The molecular weight excluding hydrogens is 200 g/mol. The lowest BCUT2D eigenvalue weighted by Gasteiger charge is -1.80. The van der Waals surface area contributed by atoms with E-state index < -0.39 is 0 Å². The van der Waals surface area contributed by atoms with Gasteiger partial charge >= 0.3 is 0 Å².